The van der Waals surface area contributed by atoms with E-state index in [0.717, 1.165) is 19.3 Å². The average molecular weight is 403 g/mol. The number of alkyl carbamates (subject to hydrolysis) is 1. The molecule has 3 N–H and O–H groups in total. The second-order valence-corrected chi connectivity index (χ2v) is 8.11. The molecule has 3 heterocycles. The Bertz CT molecular complexity index is 534. The van der Waals surface area contributed by atoms with Crippen molar-refractivity contribution < 1.29 is 38.7 Å². The molecule has 0 aromatic rings. The smallest absolute Gasteiger partial charge is 0.407 e. The van der Waals surface area contributed by atoms with Gasteiger partial charge in [0, 0.05) is 19.4 Å². The van der Waals surface area contributed by atoms with Crippen molar-refractivity contribution in [2.45, 2.75) is 102 Å². The van der Waals surface area contributed by atoms with Gasteiger partial charge in [-0.2, -0.15) is 0 Å². The van der Waals surface area contributed by atoms with Crippen LogP contribution in [0.15, 0.2) is 0 Å². The number of aliphatic hydroxyl groups excluding tert-OH is 2. The van der Waals surface area contributed by atoms with Gasteiger partial charge in [0.05, 0.1) is 24.9 Å². The summed E-state index contributed by atoms with van der Waals surface area (Å²) in [6.45, 7) is 6.16. The number of rotatable bonds is 7. The van der Waals surface area contributed by atoms with Crippen LogP contribution < -0.4 is 5.32 Å². The van der Waals surface area contributed by atoms with E-state index in [-0.39, 0.29) is 24.7 Å². The summed E-state index contributed by atoms with van der Waals surface area (Å²) in [5, 5.41) is 22.2. The molecule has 0 saturated carbocycles. The van der Waals surface area contributed by atoms with Crippen molar-refractivity contribution in [1.82, 2.24) is 5.32 Å². The Kier molecular flexibility index (Phi) is 7.17. The Labute approximate surface area is 165 Å². The lowest BCUT2D eigenvalue weighted by atomic mass is 10.0. The number of ether oxygens (including phenoxy) is 5. The fourth-order valence-corrected chi connectivity index (χ4v) is 3.98. The summed E-state index contributed by atoms with van der Waals surface area (Å²) in [5.41, 5.74) is 0. The highest BCUT2D eigenvalue weighted by molar-refractivity contribution is 5.67. The molecule has 1 amide bonds. The highest BCUT2D eigenvalue weighted by Gasteiger charge is 2.49. The third-order valence-electron chi connectivity index (χ3n) is 5.59. The number of hydrogen-bond acceptors (Lipinski definition) is 8. The molecule has 2 bridgehead atoms. The fourth-order valence-electron chi connectivity index (χ4n) is 3.98. The molecule has 0 aromatic heterocycles. The quantitative estimate of drug-likeness (QED) is 0.540. The van der Waals surface area contributed by atoms with E-state index < -0.39 is 36.5 Å². The molecule has 3 saturated heterocycles. The van der Waals surface area contributed by atoms with Crippen LogP contribution in [0.1, 0.15) is 52.9 Å². The molecule has 0 spiro atoms. The lowest BCUT2D eigenvalue weighted by Crippen LogP contribution is -2.47. The number of carbonyl (C=O) groups is 1. The summed E-state index contributed by atoms with van der Waals surface area (Å²) < 4.78 is 28.2. The van der Waals surface area contributed by atoms with Gasteiger partial charge in [0.2, 0.25) is 0 Å². The topological polar surface area (TPSA) is 116 Å². The third kappa shape index (κ3) is 5.34. The van der Waals surface area contributed by atoms with Crippen molar-refractivity contribution in [3.05, 3.63) is 0 Å². The van der Waals surface area contributed by atoms with Crippen molar-refractivity contribution in [3.63, 3.8) is 0 Å². The van der Waals surface area contributed by atoms with E-state index in [1.54, 1.807) is 6.92 Å². The van der Waals surface area contributed by atoms with Crippen LogP contribution in [-0.2, 0) is 23.7 Å². The number of amides is 1. The van der Waals surface area contributed by atoms with Gasteiger partial charge < -0.3 is 39.2 Å². The normalized spacial score (nSPS) is 41.5. The van der Waals surface area contributed by atoms with Gasteiger partial charge in [-0.05, 0) is 40.0 Å². The van der Waals surface area contributed by atoms with Crippen molar-refractivity contribution in [2.75, 3.05) is 13.2 Å². The Morgan fingerprint density at radius 1 is 1.32 bits per heavy atom. The summed E-state index contributed by atoms with van der Waals surface area (Å²) >= 11 is 0. The molecule has 3 aliphatic heterocycles. The molecule has 0 aliphatic carbocycles. The molecular formula is C19H33NO8. The monoisotopic (exact) mass is 403 g/mol. The van der Waals surface area contributed by atoms with Gasteiger partial charge in [-0.3, -0.25) is 0 Å². The SMILES string of the molecule is CC1OC(OCCCNC(=O)O[C@@H](C)[C@@H]2O[C@@]3(C)CCC[C@@H]2O3)C(O)CC1O. The van der Waals surface area contributed by atoms with E-state index in [0.29, 0.717) is 19.6 Å². The summed E-state index contributed by atoms with van der Waals surface area (Å²) in [6.07, 6.45) is -0.295. The number of fused-ring (bicyclic) bond motifs is 2. The molecule has 162 valence electrons. The maximum atomic E-state index is 12.0. The third-order valence-corrected chi connectivity index (χ3v) is 5.59. The molecule has 4 unspecified atom stereocenters. The minimum absolute atomic E-state index is 0.0298. The highest BCUT2D eigenvalue weighted by atomic mass is 16.8. The predicted molar refractivity (Wildman–Crippen MR) is 97.5 cm³/mol. The number of aliphatic hydroxyl groups is 2. The first-order chi connectivity index (χ1) is 13.3. The molecule has 3 rings (SSSR count). The fraction of sp³-hybridized carbons (Fsp3) is 0.947. The van der Waals surface area contributed by atoms with E-state index in [4.69, 9.17) is 23.7 Å². The van der Waals surface area contributed by atoms with Crippen molar-refractivity contribution in [3.8, 4) is 0 Å². The first-order valence-corrected chi connectivity index (χ1v) is 10.2. The van der Waals surface area contributed by atoms with E-state index in [1.165, 1.54) is 0 Å². The van der Waals surface area contributed by atoms with E-state index in [9.17, 15) is 15.0 Å². The largest absolute Gasteiger partial charge is 0.444 e. The van der Waals surface area contributed by atoms with Gasteiger partial charge in [0.25, 0.3) is 0 Å². The lowest BCUT2D eigenvalue weighted by Gasteiger charge is -2.35. The van der Waals surface area contributed by atoms with Gasteiger partial charge in [0.15, 0.2) is 12.1 Å². The molecule has 0 radical (unpaired) electrons. The molecule has 8 atom stereocenters. The Morgan fingerprint density at radius 3 is 2.86 bits per heavy atom. The Hall–Kier alpha value is -0.970. The average Bonchev–Trinajstić information content (AvgIpc) is 2.87. The predicted octanol–water partition coefficient (Wildman–Crippen LogP) is 1.05. The zero-order valence-corrected chi connectivity index (χ0v) is 16.8. The summed E-state index contributed by atoms with van der Waals surface area (Å²) in [4.78, 5) is 12.0. The van der Waals surface area contributed by atoms with E-state index in [2.05, 4.69) is 5.32 Å². The first kappa shape index (κ1) is 21.7. The molecule has 9 nitrogen and oxygen atoms in total. The van der Waals surface area contributed by atoms with Gasteiger partial charge in [-0.1, -0.05) is 0 Å². The molecular weight excluding hydrogens is 370 g/mol. The molecule has 28 heavy (non-hydrogen) atoms. The van der Waals surface area contributed by atoms with Crippen LogP contribution in [0, 0.1) is 0 Å². The molecule has 9 heteroatoms. The Morgan fingerprint density at radius 2 is 2.11 bits per heavy atom. The van der Waals surface area contributed by atoms with Crippen LogP contribution in [0.5, 0.6) is 0 Å². The zero-order valence-electron chi connectivity index (χ0n) is 16.8. The molecule has 0 aromatic carbocycles. The number of hydrogen-bond donors (Lipinski definition) is 3. The van der Waals surface area contributed by atoms with Gasteiger partial charge in [-0.15, -0.1) is 0 Å². The first-order valence-electron chi connectivity index (χ1n) is 10.2. The van der Waals surface area contributed by atoms with Crippen LogP contribution >= 0.6 is 0 Å². The minimum atomic E-state index is -0.861. The van der Waals surface area contributed by atoms with E-state index in [1.807, 2.05) is 13.8 Å². The molecule has 3 fully saturated rings. The number of nitrogens with one attached hydrogen (secondary N) is 1. The zero-order chi connectivity index (χ0) is 20.3. The van der Waals surface area contributed by atoms with Crippen LogP contribution in [0.4, 0.5) is 4.79 Å². The van der Waals surface area contributed by atoms with E-state index >= 15 is 0 Å². The summed E-state index contributed by atoms with van der Waals surface area (Å²) in [5.74, 6) is -0.557. The van der Waals surface area contributed by atoms with Crippen molar-refractivity contribution in [2.24, 2.45) is 0 Å². The molecule has 3 aliphatic rings. The minimum Gasteiger partial charge on any atom is -0.444 e. The summed E-state index contributed by atoms with van der Waals surface area (Å²) in [6, 6.07) is 0. The van der Waals surface area contributed by atoms with Crippen molar-refractivity contribution in [1.29, 1.82) is 0 Å². The van der Waals surface area contributed by atoms with Crippen LogP contribution in [0.25, 0.3) is 0 Å². The highest BCUT2D eigenvalue weighted by Crippen LogP contribution is 2.41. The van der Waals surface area contributed by atoms with Gasteiger partial charge >= 0.3 is 6.09 Å². The van der Waals surface area contributed by atoms with Crippen LogP contribution in [0.2, 0.25) is 0 Å². The second kappa shape index (κ2) is 9.23. The Balaban J connectivity index is 1.30. The standard InChI is InChI=1S/C19H33NO8/c1-11-13(21)10-14(22)17(25-11)24-9-5-8-20-18(23)26-12(2)16-15-6-4-7-19(3,27-15)28-16/h11-17,21-22H,4-10H2,1-3H3,(H,20,23)/t11?,12-,13?,14?,15-,16-,17?,19-/m0/s1. The second-order valence-electron chi connectivity index (χ2n) is 8.11. The van der Waals surface area contributed by atoms with Gasteiger partial charge in [-0.25, -0.2) is 4.79 Å². The summed E-state index contributed by atoms with van der Waals surface area (Å²) in [7, 11) is 0. The van der Waals surface area contributed by atoms with Crippen LogP contribution in [-0.4, -0.2) is 78.2 Å². The maximum Gasteiger partial charge on any atom is 0.407 e. The maximum absolute atomic E-state index is 12.0. The van der Waals surface area contributed by atoms with Crippen molar-refractivity contribution >= 4 is 6.09 Å². The number of carbonyl (C=O) groups excluding carboxylic acids is 1. The van der Waals surface area contributed by atoms with Gasteiger partial charge in [0.1, 0.15) is 18.3 Å². The van der Waals surface area contributed by atoms with Crippen LogP contribution in [0.3, 0.4) is 0 Å². The lowest BCUT2D eigenvalue weighted by molar-refractivity contribution is -0.260.